The van der Waals surface area contributed by atoms with Crippen LogP contribution in [-0.2, 0) is 21.4 Å². The Balaban J connectivity index is 1.40. The molecule has 3 heterocycles. The van der Waals surface area contributed by atoms with Gasteiger partial charge >= 0.3 is 0 Å². The maximum atomic E-state index is 13.8. The Morgan fingerprint density at radius 3 is 2.51 bits per heavy atom. The van der Waals surface area contributed by atoms with Gasteiger partial charge in [0.25, 0.3) is 0 Å². The number of benzene rings is 2. The van der Waals surface area contributed by atoms with Gasteiger partial charge in [0.05, 0.1) is 19.8 Å². The van der Waals surface area contributed by atoms with Crippen molar-refractivity contribution >= 4 is 15.9 Å². The summed E-state index contributed by atoms with van der Waals surface area (Å²) in [5.74, 6) is 0.987. The van der Waals surface area contributed by atoms with Gasteiger partial charge in [0.15, 0.2) is 0 Å². The summed E-state index contributed by atoms with van der Waals surface area (Å²) in [6.45, 7) is 6.64. The van der Waals surface area contributed by atoms with Crippen LogP contribution >= 0.6 is 0 Å². The van der Waals surface area contributed by atoms with E-state index in [-0.39, 0.29) is 36.3 Å². The van der Waals surface area contributed by atoms with Crippen molar-refractivity contribution in [2.24, 2.45) is 0 Å². The van der Waals surface area contributed by atoms with E-state index in [1.54, 1.807) is 25.3 Å². The Morgan fingerprint density at radius 2 is 1.85 bits per heavy atom. The monoisotopic (exact) mass is 557 g/mol. The molecule has 3 aliphatic rings. The quantitative estimate of drug-likeness (QED) is 0.595. The molecule has 212 valence electrons. The Labute approximate surface area is 231 Å². The molecule has 2 aromatic carbocycles. The maximum Gasteiger partial charge on any atom is 0.247 e. The second kappa shape index (κ2) is 11.1. The number of carbonyl (C=O) groups is 1. The molecule has 2 aromatic rings. The molecule has 1 spiro atoms. The maximum absolute atomic E-state index is 13.8. The number of carbonyl (C=O) groups excluding carboxylic acids is 1. The van der Waals surface area contributed by atoms with Gasteiger partial charge in [-0.05, 0) is 54.2 Å². The third-order valence-electron chi connectivity index (χ3n) is 8.36. The van der Waals surface area contributed by atoms with Crippen molar-refractivity contribution in [2.75, 3.05) is 33.4 Å². The highest BCUT2D eigenvalue weighted by Gasteiger charge is 2.47. The minimum Gasteiger partial charge on any atom is -0.497 e. The molecule has 5 rings (SSSR count). The van der Waals surface area contributed by atoms with Crippen LogP contribution in [0.4, 0.5) is 0 Å². The summed E-state index contributed by atoms with van der Waals surface area (Å²) in [4.78, 5) is 16.0. The summed E-state index contributed by atoms with van der Waals surface area (Å²) in [5.41, 5.74) is 1.66. The number of sulfonamides is 1. The lowest BCUT2D eigenvalue weighted by Gasteiger charge is -2.43. The van der Waals surface area contributed by atoms with Crippen molar-refractivity contribution in [3.05, 3.63) is 53.6 Å². The molecule has 10 heteroatoms. The van der Waals surface area contributed by atoms with Crippen LogP contribution in [0.15, 0.2) is 47.4 Å². The summed E-state index contributed by atoms with van der Waals surface area (Å²) < 4.78 is 40.1. The minimum absolute atomic E-state index is 0.0454. The molecule has 3 aliphatic heterocycles. The number of hydrogen-bond acceptors (Lipinski definition) is 7. The van der Waals surface area contributed by atoms with Gasteiger partial charge < -0.3 is 19.9 Å². The van der Waals surface area contributed by atoms with Crippen LogP contribution < -0.4 is 14.8 Å². The molecule has 0 unspecified atom stereocenters. The molecule has 2 fully saturated rings. The number of ether oxygens (including phenoxy) is 2. The van der Waals surface area contributed by atoms with Crippen LogP contribution in [0.5, 0.6) is 11.5 Å². The molecular formula is C29H39N3O6S. The topological polar surface area (TPSA) is 108 Å². The third kappa shape index (κ3) is 5.79. The highest BCUT2D eigenvalue weighted by atomic mass is 32.2. The fraction of sp³-hybridized carbons (Fsp3) is 0.552. The average Bonchev–Trinajstić information content (AvgIpc) is 3.32. The molecule has 9 nitrogen and oxygen atoms in total. The number of methoxy groups -OCH3 is 1. The second-order valence-corrected chi connectivity index (χ2v) is 13.2. The van der Waals surface area contributed by atoms with Crippen molar-refractivity contribution in [1.29, 1.82) is 0 Å². The van der Waals surface area contributed by atoms with Crippen LogP contribution in [0.25, 0.3) is 0 Å². The minimum atomic E-state index is -4.06. The highest BCUT2D eigenvalue weighted by molar-refractivity contribution is 7.89. The Morgan fingerprint density at radius 1 is 1.13 bits per heavy atom. The van der Waals surface area contributed by atoms with Crippen LogP contribution in [0.1, 0.15) is 56.6 Å². The number of nitrogens with one attached hydrogen (secondary N) is 1. The van der Waals surface area contributed by atoms with Gasteiger partial charge in [-0.2, -0.15) is 4.31 Å². The van der Waals surface area contributed by atoms with Crippen molar-refractivity contribution in [2.45, 2.75) is 74.6 Å². The molecule has 0 aliphatic carbocycles. The zero-order chi connectivity index (χ0) is 27.8. The lowest BCUT2D eigenvalue weighted by molar-refractivity contribution is -0.127. The Hall–Kier alpha value is -2.66. The number of nitrogens with zero attached hydrogens (tertiary/aromatic N) is 2. The van der Waals surface area contributed by atoms with Crippen molar-refractivity contribution in [3.63, 3.8) is 0 Å². The molecule has 0 saturated carbocycles. The number of amides is 1. The number of aliphatic hydroxyl groups excluding tert-OH is 1. The van der Waals surface area contributed by atoms with E-state index < -0.39 is 27.7 Å². The molecule has 2 N–H and O–H groups in total. The summed E-state index contributed by atoms with van der Waals surface area (Å²) in [7, 11) is -2.41. The van der Waals surface area contributed by atoms with Gasteiger partial charge in [-0.25, -0.2) is 8.42 Å². The fourth-order valence-electron chi connectivity index (χ4n) is 5.89. The van der Waals surface area contributed by atoms with Crippen molar-refractivity contribution in [3.8, 4) is 11.5 Å². The molecule has 2 atom stereocenters. The molecule has 39 heavy (non-hydrogen) atoms. The standard InChI is InChI=1S/C29H39N3O6S/c1-20(2)22-6-9-27-26(16-22)38-15-12-29(30-28(34)25-17-23(33)19-32(25)39(27,35)36)10-13-31(14-11-29)18-21-4-7-24(37-3)8-5-21/h4-9,16,20,23,25,33H,10-15,17-19H2,1-3H3,(H,30,34)/t23-,25+/m1/s1. The summed E-state index contributed by atoms with van der Waals surface area (Å²) in [6, 6.07) is 12.3. The number of fused-ring (bicyclic) bond motifs is 2. The number of rotatable bonds is 4. The smallest absolute Gasteiger partial charge is 0.247 e. The van der Waals surface area contributed by atoms with Crippen LogP contribution in [0.2, 0.25) is 0 Å². The van der Waals surface area contributed by atoms with E-state index in [0.717, 1.165) is 48.1 Å². The fourth-order valence-corrected chi connectivity index (χ4v) is 7.64. The van der Waals surface area contributed by atoms with Gasteiger partial charge in [-0.15, -0.1) is 0 Å². The molecule has 0 bridgehead atoms. The Kier molecular flexibility index (Phi) is 7.92. The zero-order valence-corrected chi connectivity index (χ0v) is 23.7. The SMILES string of the molecule is COc1ccc(CN2CCC3(CCOc4cc(C(C)C)ccc4S(=O)(=O)N4C[C@H](O)C[C@H]4C(=O)N3)CC2)cc1. The second-order valence-electron chi connectivity index (χ2n) is 11.3. The van der Waals surface area contributed by atoms with Crippen LogP contribution in [0, 0.1) is 0 Å². The summed E-state index contributed by atoms with van der Waals surface area (Å²) in [5, 5.41) is 13.7. The van der Waals surface area contributed by atoms with Crippen LogP contribution in [0.3, 0.4) is 0 Å². The summed E-state index contributed by atoms with van der Waals surface area (Å²) in [6.07, 6.45) is 1.18. The van der Waals surface area contributed by atoms with E-state index >= 15 is 0 Å². The van der Waals surface area contributed by atoms with E-state index in [0.29, 0.717) is 12.2 Å². The van der Waals surface area contributed by atoms with Gasteiger partial charge in [0.2, 0.25) is 15.9 Å². The number of hydrogen-bond donors (Lipinski definition) is 2. The lowest BCUT2D eigenvalue weighted by Crippen LogP contribution is -2.59. The predicted molar refractivity (Wildman–Crippen MR) is 147 cm³/mol. The van der Waals surface area contributed by atoms with Crippen LogP contribution in [-0.4, -0.2) is 79.7 Å². The van der Waals surface area contributed by atoms with E-state index in [4.69, 9.17) is 9.47 Å². The van der Waals surface area contributed by atoms with Crippen molar-refractivity contribution in [1.82, 2.24) is 14.5 Å². The van der Waals surface area contributed by atoms with E-state index in [1.165, 1.54) is 5.56 Å². The first-order chi connectivity index (χ1) is 18.6. The van der Waals surface area contributed by atoms with Gasteiger partial charge in [0, 0.05) is 44.6 Å². The van der Waals surface area contributed by atoms with E-state index in [2.05, 4.69) is 22.3 Å². The lowest BCUT2D eigenvalue weighted by atomic mass is 9.84. The molecule has 0 radical (unpaired) electrons. The number of aliphatic hydroxyl groups is 1. The summed E-state index contributed by atoms with van der Waals surface area (Å²) >= 11 is 0. The average molecular weight is 558 g/mol. The first kappa shape index (κ1) is 27.9. The largest absolute Gasteiger partial charge is 0.497 e. The highest BCUT2D eigenvalue weighted by Crippen LogP contribution is 2.36. The number of likely N-dealkylation sites (tertiary alicyclic amines) is 1. The molecule has 0 aromatic heterocycles. The normalized spacial score (nSPS) is 25.3. The molecule has 1 amide bonds. The number of piperidine rings is 1. The van der Waals surface area contributed by atoms with Gasteiger partial charge in [-0.1, -0.05) is 32.0 Å². The van der Waals surface area contributed by atoms with Gasteiger partial charge in [-0.3, -0.25) is 9.69 Å². The first-order valence-corrected chi connectivity index (χ1v) is 15.2. The Bertz CT molecular complexity index is 1290. The molecular weight excluding hydrogens is 518 g/mol. The zero-order valence-electron chi connectivity index (χ0n) is 22.9. The van der Waals surface area contributed by atoms with Crippen molar-refractivity contribution < 1.29 is 27.8 Å². The van der Waals surface area contributed by atoms with E-state index in [1.807, 2.05) is 26.0 Å². The van der Waals surface area contributed by atoms with E-state index in [9.17, 15) is 18.3 Å². The predicted octanol–water partition coefficient (Wildman–Crippen LogP) is 2.88. The third-order valence-corrected chi connectivity index (χ3v) is 10.3. The van der Waals surface area contributed by atoms with Gasteiger partial charge in [0.1, 0.15) is 22.4 Å². The molecule has 2 saturated heterocycles. The first-order valence-electron chi connectivity index (χ1n) is 13.7.